The monoisotopic (exact) mass is 316 g/mol. The molecule has 3 unspecified atom stereocenters. The fraction of sp³-hybridized carbons (Fsp3) is 0.667. The Hall–Kier alpha value is -2.13. The van der Waals surface area contributed by atoms with Gasteiger partial charge in [0, 0.05) is 5.92 Å². The van der Waals surface area contributed by atoms with Crippen molar-refractivity contribution in [2.45, 2.75) is 38.3 Å². The van der Waals surface area contributed by atoms with Crippen LogP contribution >= 0.6 is 0 Å². The van der Waals surface area contributed by atoms with Crippen molar-refractivity contribution in [3.8, 4) is 0 Å². The highest BCUT2D eigenvalue weighted by Crippen LogP contribution is 2.45. The van der Waals surface area contributed by atoms with Crippen molar-refractivity contribution in [3.05, 3.63) is 16.2 Å². The Bertz CT molecular complexity index is 751. The molecule has 2 heterocycles. The van der Waals surface area contributed by atoms with Crippen molar-refractivity contribution in [1.82, 2.24) is 24.8 Å². The van der Waals surface area contributed by atoms with Gasteiger partial charge in [-0.1, -0.05) is 6.92 Å². The molecule has 0 aromatic carbocycles. The van der Waals surface area contributed by atoms with Gasteiger partial charge in [0.2, 0.25) is 11.6 Å². The molecule has 2 aromatic rings. The number of nitrogen functional groups attached to an aromatic ring is 1. The van der Waals surface area contributed by atoms with E-state index in [1.807, 2.05) is 6.92 Å². The Morgan fingerprint density at radius 2 is 2.05 bits per heavy atom. The zero-order valence-electron chi connectivity index (χ0n) is 11.8. The minimum Gasteiger partial charge on any atom is -0.368 e. The smallest absolute Gasteiger partial charge is 0.368 e. The first-order valence-corrected chi connectivity index (χ1v) is 6.95. The molecule has 7 nitrogen and oxygen atoms in total. The van der Waals surface area contributed by atoms with Crippen LogP contribution in [0.2, 0.25) is 0 Å². The molecule has 1 aliphatic rings. The maximum absolute atomic E-state index is 13.0. The molecular formula is C12H15F3N6O. The Kier molecular flexibility index (Phi) is 3.33. The molecule has 0 saturated heterocycles. The van der Waals surface area contributed by atoms with Crippen LogP contribution in [0.3, 0.4) is 0 Å². The number of anilines is 1. The number of hydrogen-bond acceptors (Lipinski definition) is 5. The first-order chi connectivity index (χ1) is 10.3. The predicted molar refractivity (Wildman–Crippen MR) is 71.1 cm³/mol. The Balaban J connectivity index is 2.04. The molecule has 0 amide bonds. The van der Waals surface area contributed by atoms with Crippen LogP contribution in [-0.4, -0.2) is 31.0 Å². The van der Waals surface area contributed by atoms with Gasteiger partial charge in [0.1, 0.15) is 0 Å². The summed E-state index contributed by atoms with van der Waals surface area (Å²) >= 11 is 0. The van der Waals surface area contributed by atoms with Gasteiger partial charge in [0.25, 0.3) is 5.56 Å². The summed E-state index contributed by atoms with van der Waals surface area (Å²) in [6, 6.07) is 0. The summed E-state index contributed by atoms with van der Waals surface area (Å²) in [6.45, 7) is 1.87. The summed E-state index contributed by atoms with van der Waals surface area (Å²) in [5, 5.41) is 11.5. The number of alkyl halides is 3. The van der Waals surface area contributed by atoms with Gasteiger partial charge in [-0.2, -0.15) is 17.7 Å². The van der Waals surface area contributed by atoms with Crippen LogP contribution in [-0.2, 0) is 0 Å². The lowest BCUT2D eigenvalue weighted by Crippen LogP contribution is -2.32. The first-order valence-electron chi connectivity index (χ1n) is 6.95. The van der Waals surface area contributed by atoms with Gasteiger partial charge in [-0.15, -0.1) is 15.3 Å². The zero-order chi connectivity index (χ0) is 16.1. The first kappa shape index (κ1) is 14.8. The molecule has 1 aliphatic carbocycles. The third-order valence-corrected chi connectivity index (χ3v) is 4.31. The van der Waals surface area contributed by atoms with E-state index in [9.17, 15) is 18.0 Å². The number of nitrogens with one attached hydrogen (secondary N) is 1. The fourth-order valence-electron chi connectivity index (χ4n) is 3.05. The van der Waals surface area contributed by atoms with Gasteiger partial charge in [-0.3, -0.25) is 9.78 Å². The predicted octanol–water partition coefficient (Wildman–Crippen LogP) is 1.48. The molecule has 0 spiro atoms. The van der Waals surface area contributed by atoms with Gasteiger partial charge in [0.05, 0.1) is 5.92 Å². The number of fused-ring (bicyclic) bond motifs is 1. The Morgan fingerprint density at radius 3 is 2.73 bits per heavy atom. The standard InChI is InChI=1S/C12H15F3N6O/c1-5-2-3-6(12(13,14)15)4-7(5)8-18-19-9-10(22)17-11(16)20-21(8)9/h5-7H,2-4H2,1H3,(H3,16,17,20,22). The number of aromatic nitrogens is 5. The lowest BCUT2D eigenvalue weighted by molar-refractivity contribution is -0.185. The number of aromatic amines is 1. The molecule has 10 heteroatoms. The fourth-order valence-corrected chi connectivity index (χ4v) is 3.05. The van der Waals surface area contributed by atoms with Gasteiger partial charge in [-0.25, -0.2) is 0 Å². The SMILES string of the molecule is CC1CCC(C(F)(F)F)CC1c1nnc2c(=O)[nH]c(N)nn12. The highest BCUT2D eigenvalue weighted by molar-refractivity contribution is 5.36. The lowest BCUT2D eigenvalue weighted by atomic mass is 9.74. The maximum atomic E-state index is 13.0. The van der Waals surface area contributed by atoms with Crippen molar-refractivity contribution in [1.29, 1.82) is 0 Å². The van der Waals surface area contributed by atoms with Crippen molar-refractivity contribution in [2.75, 3.05) is 5.73 Å². The van der Waals surface area contributed by atoms with Gasteiger partial charge >= 0.3 is 6.18 Å². The zero-order valence-corrected chi connectivity index (χ0v) is 11.8. The highest BCUT2D eigenvalue weighted by Gasteiger charge is 2.45. The Morgan fingerprint density at radius 1 is 1.32 bits per heavy atom. The molecule has 3 rings (SSSR count). The van der Waals surface area contributed by atoms with Crippen LogP contribution in [0.1, 0.15) is 37.9 Å². The van der Waals surface area contributed by atoms with Crippen LogP contribution in [0.5, 0.6) is 0 Å². The van der Waals surface area contributed by atoms with E-state index < -0.39 is 23.6 Å². The summed E-state index contributed by atoms with van der Waals surface area (Å²) in [5.41, 5.74) is 4.86. The molecule has 22 heavy (non-hydrogen) atoms. The Labute approximate surface area is 122 Å². The molecule has 1 saturated carbocycles. The lowest BCUT2D eigenvalue weighted by Gasteiger charge is -2.34. The molecule has 0 aliphatic heterocycles. The van der Waals surface area contributed by atoms with Gasteiger partial charge < -0.3 is 5.73 Å². The third-order valence-electron chi connectivity index (χ3n) is 4.31. The van der Waals surface area contributed by atoms with E-state index in [0.717, 1.165) is 4.52 Å². The topological polar surface area (TPSA) is 102 Å². The average molecular weight is 316 g/mol. The molecule has 1 fully saturated rings. The summed E-state index contributed by atoms with van der Waals surface area (Å²) in [6.07, 6.45) is -3.78. The van der Waals surface area contributed by atoms with E-state index in [4.69, 9.17) is 5.73 Å². The largest absolute Gasteiger partial charge is 0.391 e. The minimum atomic E-state index is -4.23. The summed E-state index contributed by atoms with van der Waals surface area (Å²) in [4.78, 5) is 14.0. The van der Waals surface area contributed by atoms with Crippen molar-refractivity contribution in [3.63, 3.8) is 0 Å². The molecule has 2 aromatic heterocycles. The number of rotatable bonds is 1. The minimum absolute atomic E-state index is 0.00619. The van der Waals surface area contributed by atoms with E-state index in [0.29, 0.717) is 6.42 Å². The molecule has 120 valence electrons. The van der Waals surface area contributed by atoms with Crippen LogP contribution in [0.15, 0.2) is 4.79 Å². The number of hydrogen-bond donors (Lipinski definition) is 2. The van der Waals surface area contributed by atoms with Crippen molar-refractivity contribution in [2.24, 2.45) is 11.8 Å². The molecule has 0 radical (unpaired) electrons. The summed E-state index contributed by atoms with van der Waals surface area (Å²) in [7, 11) is 0. The average Bonchev–Trinajstić information content (AvgIpc) is 2.81. The number of nitrogens with two attached hydrogens (primary N) is 1. The van der Waals surface area contributed by atoms with Crippen molar-refractivity contribution >= 4 is 11.6 Å². The van der Waals surface area contributed by atoms with Crippen LogP contribution in [0, 0.1) is 11.8 Å². The maximum Gasteiger partial charge on any atom is 0.391 e. The third kappa shape index (κ3) is 2.42. The van der Waals surface area contributed by atoms with Crippen LogP contribution < -0.4 is 11.3 Å². The summed E-state index contributed by atoms with van der Waals surface area (Å²) < 4.78 is 40.1. The quantitative estimate of drug-likeness (QED) is 0.829. The number of halogens is 3. The van der Waals surface area contributed by atoms with E-state index in [1.165, 1.54) is 0 Å². The van der Waals surface area contributed by atoms with E-state index in [2.05, 4.69) is 20.3 Å². The van der Waals surface area contributed by atoms with E-state index in [-0.39, 0.29) is 36.2 Å². The number of nitrogens with zero attached hydrogens (tertiary/aromatic N) is 4. The molecular weight excluding hydrogens is 301 g/mol. The van der Waals surface area contributed by atoms with E-state index in [1.54, 1.807) is 0 Å². The second kappa shape index (κ2) is 4.96. The molecule has 3 atom stereocenters. The number of H-pyrrole nitrogens is 1. The second-order valence-electron chi connectivity index (χ2n) is 5.77. The van der Waals surface area contributed by atoms with Crippen LogP contribution in [0.4, 0.5) is 19.1 Å². The van der Waals surface area contributed by atoms with Crippen LogP contribution in [0.25, 0.3) is 5.65 Å². The second-order valence-corrected chi connectivity index (χ2v) is 5.77. The normalized spacial score (nSPS) is 26.5. The van der Waals surface area contributed by atoms with Gasteiger partial charge in [-0.05, 0) is 25.2 Å². The molecule has 0 bridgehead atoms. The van der Waals surface area contributed by atoms with Gasteiger partial charge in [0.15, 0.2) is 5.82 Å². The van der Waals surface area contributed by atoms with Crippen molar-refractivity contribution < 1.29 is 13.2 Å². The summed E-state index contributed by atoms with van der Waals surface area (Å²) in [5.74, 6) is -1.72. The highest BCUT2D eigenvalue weighted by atomic mass is 19.4. The van der Waals surface area contributed by atoms with E-state index >= 15 is 0 Å². The molecule has 3 N–H and O–H groups in total.